The molecule has 3 rings (SSSR count). The number of aromatic nitrogens is 1. The quantitative estimate of drug-likeness (QED) is 0.769. The van der Waals surface area contributed by atoms with Crippen molar-refractivity contribution in [2.24, 2.45) is 5.73 Å². The van der Waals surface area contributed by atoms with Crippen molar-refractivity contribution in [1.82, 2.24) is 4.98 Å². The summed E-state index contributed by atoms with van der Waals surface area (Å²) in [5, 5.41) is 7.12. The smallest absolute Gasteiger partial charge is 0.475 e. The molecule has 1 aromatic rings. The molecular formula is C16H22BF3N2O4. The Labute approximate surface area is 150 Å². The highest BCUT2D eigenvalue weighted by molar-refractivity contribution is 6.62. The first kappa shape index (κ1) is 20.7. The molecule has 0 spiro atoms. The fourth-order valence-electron chi connectivity index (χ4n) is 2.24. The van der Waals surface area contributed by atoms with E-state index in [1.807, 2.05) is 12.1 Å². The van der Waals surface area contributed by atoms with Crippen molar-refractivity contribution in [3.05, 3.63) is 24.0 Å². The maximum atomic E-state index is 10.6. The number of halogens is 3. The van der Waals surface area contributed by atoms with Crippen molar-refractivity contribution in [2.75, 3.05) is 0 Å². The summed E-state index contributed by atoms with van der Waals surface area (Å²) in [6, 6.07) is 3.96. The lowest BCUT2D eigenvalue weighted by molar-refractivity contribution is -0.192. The SMILES string of the molecule is CC1(C)OB(c2ccnc(C3(N)CC3)c2)OC1(C)C.O=C(O)C(F)(F)F. The van der Waals surface area contributed by atoms with Gasteiger partial charge in [-0.25, -0.2) is 4.79 Å². The Balaban J connectivity index is 0.000000298. The Morgan fingerprint density at radius 2 is 1.69 bits per heavy atom. The van der Waals surface area contributed by atoms with E-state index in [1.165, 1.54) is 0 Å². The van der Waals surface area contributed by atoms with Crippen LogP contribution in [0.15, 0.2) is 18.3 Å². The van der Waals surface area contributed by atoms with Gasteiger partial charge in [-0.05, 0) is 58.1 Å². The Morgan fingerprint density at radius 1 is 1.23 bits per heavy atom. The van der Waals surface area contributed by atoms with Crippen molar-refractivity contribution in [3.8, 4) is 0 Å². The summed E-state index contributed by atoms with van der Waals surface area (Å²) in [7, 11) is -0.339. The van der Waals surface area contributed by atoms with Gasteiger partial charge in [-0.3, -0.25) is 4.98 Å². The van der Waals surface area contributed by atoms with Gasteiger partial charge in [0.25, 0.3) is 0 Å². The first-order valence-electron chi connectivity index (χ1n) is 8.09. The zero-order valence-electron chi connectivity index (χ0n) is 15.1. The average molecular weight is 374 g/mol. The Bertz CT molecular complexity index is 674. The third-order valence-electron chi connectivity index (χ3n) is 4.85. The van der Waals surface area contributed by atoms with E-state index < -0.39 is 12.1 Å². The number of hydrogen-bond donors (Lipinski definition) is 2. The second-order valence-corrected chi connectivity index (χ2v) is 7.52. The number of hydrogen-bond acceptors (Lipinski definition) is 5. The number of aliphatic carboxylic acids is 1. The third kappa shape index (κ3) is 4.36. The van der Waals surface area contributed by atoms with Crippen molar-refractivity contribution < 1.29 is 32.4 Å². The van der Waals surface area contributed by atoms with E-state index in [1.54, 1.807) is 6.20 Å². The van der Waals surface area contributed by atoms with Gasteiger partial charge in [0, 0.05) is 6.20 Å². The molecule has 0 amide bonds. The number of carboxylic acid groups (broad SMARTS) is 1. The minimum absolute atomic E-state index is 0.223. The molecule has 10 heteroatoms. The highest BCUT2D eigenvalue weighted by Crippen LogP contribution is 2.41. The number of alkyl halides is 3. The lowest BCUT2D eigenvalue weighted by Crippen LogP contribution is -2.41. The molecule has 1 aromatic heterocycles. The van der Waals surface area contributed by atoms with Crippen molar-refractivity contribution in [3.63, 3.8) is 0 Å². The van der Waals surface area contributed by atoms with Crippen molar-refractivity contribution in [2.45, 2.75) is 63.5 Å². The van der Waals surface area contributed by atoms with E-state index >= 15 is 0 Å². The Hall–Kier alpha value is -1.65. The highest BCUT2D eigenvalue weighted by Gasteiger charge is 2.52. The Kier molecular flexibility index (Phi) is 5.17. The third-order valence-corrected chi connectivity index (χ3v) is 4.85. The maximum Gasteiger partial charge on any atom is 0.494 e. The van der Waals surface area contributed by atoms with Crippen molar-refractivity contribution >= 4 is 18.6 Å². The molecule has 0 atom stereocenters. The molecule has 1 saturated carbocycles. The molecule has 1 aliphatic carbocycles. The Morgan fingerprint density at radius 3 is 2.08 bits per heavy atom. The molecule has 2 aliphatic rings. The minimum atomic E-state index is -5.08. The predicted octanol–water partition coefficient (Wildman–Crippen LogP) is 1.96. The van der Waals surface area contributed by atoms with Crippen LogP contribution in [0.5, 0.6) is 0 Å². The summed E-state index contributed by atoms with van der Waals surface area (Å²) in [5.41, 5.74) is 7.28. The lowest BCUT2D eigenvalue weighted by Gasteiger charge is -2.32. The summed E-state index contributed by atoms with van der Waals surface area (Å²) in [6.07, 6.45) is -1.28. The standard InChI is InChI=1S/C14H21BN2O2.C2HF3O2/c1-12(2)13(3,4)19-15(18-12)10-5-8-17-11(9-10)14(16)6-7-14;3-2(4,5)1(6)7/h5,8-9H,6-7,16H2,1-4H3;(H,6,7). The molecule has 2 fully saturated rings. The molecular weight excluding hydrogens is 352 g/mol. The largest absolute Gasteiger partial charge is 0.494 e. The van der Waals surface area contributed by atoms with Gasteiger partial charge in [0.2, 0.25) is 0 Å². The van der Waals surface area contributed by atoms with Gasteiger partial charge >= 0.3 is 19.3 Å². The van der Waals surface area contributed by atoms with Gasteiger partial charge in [-0.1, -0.05) is 0 Å². The molecule has 1 aliphatic heterocycles. The summed E-state index contributed by atoms with van der Waals surface area (Å²) >= 11 is 0. The monoisotopic (exact) mass is 374 g/mol. The van der Waals surface area contributed by atoms with Gasteiger partial charge in [-0.15, -0.1) is 0 Å². The van der Waals surface area contributed by atoms with Crippen LogP contribution >= 0.6 is 0 Å². The number of carbonyl (C=O) groups is 1. The van der Waals surface area contributed by atoms with E-state index in [0.29, 0.717) is 0 Å². The fraction of sp³-hybridized carbons (Fsp3) is 0.625. The summed E-state index contributed by atoms with van der Waals surface area (Å²) in [5.74, 6) is -2.76. The van der Waals surface area contributed by atoms with Crippen LogP contribution in [0.25, 0.3) is 0 Å². The molecule has 144 valence electrons. The number of nitrogens with two attached hydrogens (primary N) is 1. The van der Waals surface area contributed by atoms with Crippen LogP contribution in [0, 0.1) is 0 Å². The second-order valence-electron chi connectivity index (χ2n) is 7.52. The molecule has 0 aromatic carbocycles. The molecule has 0 unspecified atom stereocenters. The summed E-state index contributed by atoms with van der Waals surface area (Å²) in [6.45, 7) is 8.22. The van der Waals surface area contributed by atoms with Crippen LogP contribution in [-0.4, -0.2) is 40.6 Å². The number of pyridine rings is 1. The molecule has 0 bridgehead atoms. The first-order chi connectivity index (χ1) is 11.7. The van der Waals surface area contributed by atoms with Crippen LogP contribution in [0.3, 0.4) is 0 Å². The van der Waals surface area contributed by atoms with Crippen LogP contribution in [-0.2, 0) is 19.6 Å². The number of nitrogens with zero attached hydrogens (tertiary/aromatic N) is 1. The molecule has 0 radical (unpaired) electrons. The normalized spacial score (nSPS) is 22.4. The summed E-state index contributed by atoms with van der Waals surface area (Å²) < 4.78 is 43.8. The highest BCUT2D eigenvalue weighted by atomic mass is 19.4. The first-order valence-corrected chi connectivity index (χ1v) is 8.09. The predicted molar refractivity (Wildman–Crippen MR) is 88.7 cm³/mol. The average Bonchev–Trinajstić information content (AvgIpc) is 3.20. The van der Waals surface area contributed by atoms with E-state index in [9.17, 15) is 13.2 Å². The lowest BCUT2D eigenvalue weighted by atomic mass is 9.79. The molecule has 2 heterocycles. The van der Waals surface area contributed by atoms with Gasteiger partial charge in [0.05, 0.1) is 22.4 Å². The molecule has 3 N–H and O–H groups in total. The van der Waals surface area contributed by atoms with Crippen LogP contribution in [0.4, 0.5) is 13.2 Å². The molecule has 26 heavy (non-hydrogen) atoms. The second kappa shape index (κ2) is 6.51. The van der Waals surface area contributed by atoms with Gasteiger partial charge in [-0.2, -0.15) is 13.2 Å². The number of carboxylic acids is 1. The van der Waals surface area contributed by atoms with E-state index in [4.69, 9.17) is 24.9 Å². The minimum Gasteiger partial charge on any atom is -0.475 e. The van der Waals surface area contributed by atoms with E-state index in [2.05, 4.69) is 32.7 Å². The van der Waals surface area contributed by atoms with Crippen LogP contribution < -0.4 is 11.2 Å². The van der Waals surface area contributed by atoms with E-state index in [-0.39, 0.29) is 23.9 Å². The molecule has 6 nitrogen and oxygen atoms in total. The zero-order valence-corrected chi connectivity index (χ0v) is 15.1. The summed E-state index contributed by atoms with van der Waals surface area (Å²) in [4.78, 5) is 13.3. The van der Waals surface area contributed by atoms with Crippen LogP contribution in [0.2, 0.25) is 0 Å². The van der Waals surface area contributed by atoms with Gasteiger partial charge in [0.15, 0.2) is 0 Å². The number of rotatable bonds is 2. The van der Waals surface area contributed by atoms with Gasteiger partial charge < -0.3 is 20.1 Å². The van der Waals surface area contributed by atoms with Gasteiger partial charge in [0.1, 0.15) is 0 Å². The van der Waals surface area contributed by atoms with Crippen molar-refractivity contribution in [1.29, 1.82) is 0 Å². The molecule has 1 saturated heterocycles. The van der Waals surface area contributed by atoms with E-state index in [0.717, 1.165) is 24.0 Å². The maximum absolute atomic E-state index is 10.6. The zero-order chi connectivity index (χ0) is 20.0. The fourth-order valence-corrected chi connectivity index (χ4v) is 2.24. The topological polar surface area (TPSA) is 94.7 Å². The van der Waals surface area contributed by atoms with Crippen LogP contribution in [0.1, 0.15) is 46.2 Å².